The van der Waals surface area contributed by atoms with Crippen molar-refractivity contribution in [2.24, 2.45) is 0 Å². The van der Waals surface area contributed by atoms with Crippen molar-refractivity contribution in [2.45, 2.75) is 18.9 Å². The van der Waals surface area contributed by atoms with Gasteiger partial charge in [-0.25, -0.2) is 9.34 Å². The van der Waals surface area contributed by atoms with E-state index >= 15 is 0 Å². The number of para-hydroxylation sites is 1. The molecule has 98 valence electrons. The van der Waals surface area contributed by atoms with Gasteiger partial charge in [0.25, 0.3) is 0 Å². The highest BCUT2D eigenvalue weighted by atomic mass is 31.2. The zero-order chi connectivity index (χ0) is 12.8. The second-order valence-corrected chi connectivity index (χ2v) is 8.06. The van der Waals surface area contributed by atoms with Gasteiger partial charge in [-0.2, -0.15) is 0 Å². The first kappa shape index (κ1) is 12.2. The summed E-state index contributed by atoms with van der Waals surface area (Å²) in [4.78, 5) is 0. The van der Waals surface area contributed by atoms with Gasteiger partial charge < -0.3 is 0 Å². The Morgan fingerprint density at radius 2 is 2.00 bits per heavy atom. The lowest BCUT2D eigenvalue weighted by atomic mass is 10.2. The molecule has 0 aromatic heterocycles. The Morgan fingerprint density at radius 1 is 1.28 bits per heavy atom. The third kappa shape index (κ3) is 1.63. The maximum Gasteiger partial charge on any atom is 0.310 e. The quantitative estimate of drug-likeness (QED) is 0.768. The van der Waals surface area contributed by atoms with Crippen molar-refractivity contribution < 1.29 is 4.57 Å². The fraction of sp³-hybridized carbons (Fsp3) is 0.538. The Hall–Kier alpha value is -0.830. The lowest BCUT2D eigenvalue weighted by molar-refractivity contribution is 0.395. The van der Waals surface area contributed by atoms with E-state index in [0.717, 1.165) is 18.8 Å². The molecule has 1 aromatic carbocycles. The van der Waals surface area contributed by atoms with Gasteiger partial charge in [0.15, 0.2) is 0 Å². The molecule has 4 nitrogen and oxygen atoms in total. The van der Waals surface area contributed by atoms with Gasteiger partial charge >= 0.3 is 7.59 Å². The van der Waals surface area contributed by atoms with E-state index in [1.165, 1.54) is 12.8 Å². The van der Waals surface area contributed by atoms with Crippen molar-refractivity contribution in [2.75, 3.05) is 31.9 Å². The molecule has 2 aliphatic rings. The van der Waals surface area contributed by atoms with Gasteiger partial charge in [-0.15, -0.1) is 0 Å². The Balaban J connectivity index is 2.02. The van der Waals surface area contributed by atoms with Crippen LogP contribution in [0.15, 0.2) is 30.3 Å². The maximum atomic E-state index is 13.4. The molecule has 0 radical (unpaired) electrons. The van der Waals surface area contributed by atoms with Gasteiger partial charge in [0.2, 0.25) is 0 Å². The van der Waals surface area contributed by atoms with Crippen molar-refractivity contribution in [1.82, 2.24) is 9.34 Å². The van der Waals surface area contributed by atoms with Gasteiger partial charge in [0, 0.05) is 24.8 Å². The van der Waals surface area contributed by atoms with Gasteiger partial charge in [0.1, 0.15) is 0 Å². The molecule has 0 saturated carbocycles. The summed E-state index contributed by atoms with van der Waals surface area (Å²) in [5.74, 6) is 0. The van der Waals surface area contributed by atoms with Gasteiger partial charge in [-0.3, -0.25) is 9.24 Å². The molecule has 0 unspecified atom stereocenters. The zero-order valence-corrected chi connectivity index (χ0v) is 11.9. The van der Waals surface area contributed by atoms with Crippen LogP contribution in [-0.4, -0.2) is 42.6 Å². The van der Waals surface area contributed by atoms with Crippen LogP contribution in [0, 0.1) is 0 Å². The average Bonchev–Trinajstić information content (AvgIpc) is 2.93. The molecule has 1 aromatic rings. The molecule has 0 aliphatic carbocycles. The molecular weight excluding hydrogens is 245 g/mol. The minimum Gasteiger partial charge on any atom is -0.297 e. The van der Waals surface area contributed by atoms with Crippen molar-refractivity contribution in [3.63, 3.8) is 0 Å². The van der Waals surface area contributed by atoms with E-state index < -0.39 is 7.59 Å². The molecule has 2 fully saturated rings. The van der Waals surface area contributed by atoms with Crippen LogP contribution in [0.4, 0.5) is 5.69 Å². The Kier molecular flexibility index (Phi) is 2.97. The molecule has 2 heterocycles. The number of benzene rings is 1. The summed E-state index contributed by atoms with van der Waals surface area (Å²) in [7, 11) is 1.28. The van der Waals surface area contributed by atoms with Crippen LogP contribution >= 0.6 is 7.59 Å². The van der Waals surface area contributed by atoms with E-state index in [2.05, 4.69) is 21.5 Å². The van der Waals surface area contributed by atoms with Crippen LogP contribution in [-0.2, 0) is 4.57 Å². The maximum absolute atomic E-state index is 13.4. The Morgan fingerprint density at radius 3 is 2.67 bits per heavy atom. The molecule has 0 amide bonds. The minimum absolute atomic E-state index is 0.457. The zero-order valence-electron chi connectivity index (χ0n) is 11.0. The van der Waals surface area contributed by atoms with Crippen LogP contribution in [0.1, 0.15) is 12.8 Å². The molecule has 0 spiro atoms. The monoisotopic (exact) mass is 265 g/mol. The van der Waals surface area contributed by atoms with Crippen LogP contribution < -0.4 is 4.67 Å². The van der Waals surface area contributed by atoms with Crippen molar-refractivity contribution in [3.8, 4) is 0 Å². The van der Waals surface area contributed by atoms with E-state index in [1.54, 1.807) is 0 Å². The number of rotatable bonds is 2. The van der Waals surface area contributed by atoms with Crippen LogP contribution in [0.3, 0.4) is 0 Å². The summed E-state index contributed by atoms with van der Waals surface area (Å²) in [6.07, 6.45) is 2.34. The van der Waals surface area contributed by atoms with Gasteiger partial charge in [-0.05, 0) is 39.1 Å². The SMILES string of the molecule is CN(C)[P@@]1(=O)N(c2ccccc2)C[C@@H]2CCCN21. The molecule has 3 rings (SSSR count). The Labute approximate surface area is 109 Å². The highest BCUT2D eigenvalue weighted by Gasteiger charge is 2.52. The number of nitrogens with zero attached hydrogens (tertiary/aromatic N) is 3. The molecule has 5 heteroatoms. The summed E-state index contributed by atoms with van der Waals surface area (Å²) >= 11 is 0. The molecule has 0 N–H and O–H groups in total. The summed E-state index contributed by atoms with van der Waals surface area (Å²) in [6.45, 7) is 1.85. The van der Waals surface area contributed by atoms with Crippen LogP contribution in [0.25, 0.3) is 0 Å². The van der Waals surface area contributed by atoms with Crippen molar-refractivity contribution in [1.29, 1.82) is 0 Å². The van der Waals surface area contributed by atoms with Gasteiger partial charge in [0.05, 0.1) is 0 Å². The van der Waals surface area contributed by atoms with E-state index in [0.29, 0.717) is 6.04 Å². The second kappa shape index (κ2) is 4.37. The topological polar surface area (TPSA) is 26.8 Å². The molecule has 2 saturated heterocycles. The first-order valence-electron chi connectivity index (χ1n) is 6.52. The van der Waals surface area contributed by atoms with E-state index in [-0.39, 0.29) is 0 Å². The predicted molar refractivity (Wildman–Crippen MR) is 74.8 cm³/mol. The third-order valence-electron chi connectivity index (χ3n) is 3.95. The third-order valence-corrected chi connectivity index (χ3v) is 7.22. The minimum atomic E-state index is -2.58. The lowest BCUT2D eigenvalue weighted by Crippen LogP contribution is -2.28. The average molecular weight is 265 g/mol. The van der Waals surface area contributed by atoms with Crippen LogP contribution in [0.5, 0.6) is 0 Å². The largest absolute Gasteiger partial charge is 0.310 e. The predicted octanol–water partition coefficient (Wildman–Crippen LogP) is 2.64. The second-order valence-electron chi connectivity index (χ2n) is 5.24. The van der Waals surface area contributed by atoms with E-state index in [9.17, 15) is 4.57 Å². The molecule has 2 atom stereocenters. The summed E-state index contributed by atoms with van der Waals surface area (Å²) < 4.78 is 19.7. The van der Waals surface area contributed by atoms with Crippen molar-refractivity contribution in [3.05, 3.63) is 30.3 Å². The van der Waals surface area contributed by atoms with Crippen molar-refractivity contribution >= 4 is 13.3 Å². The summed E-state index contributed by atoms with van der Waals surface area (Å²) in [5.41, 5.74) is 1.07. The highest BCUT2D eigenvalue weighted by molar-refractivity contribution is 7.61. The fourth-order valence-corrected chi connectivity index (χ4v) is 6.12. The summed E-state index contributed by atoms with van der Waals surface area (Å²) in [5, 5.41) is 0. The fourth-order valence-electron chi connectivity index (χ4n) is 3.10. The van der Waals surface area contributed by atoms with Gasteiger partial charge in [-0.1, -0.05) is 18.2 Å². The number of anilines is 1. The molecular formula is C13H20N3OP. The Bertz CT molecular complexity index is 476. The summed E-state index contributed by atoms with van der Waals surface area (Å²) in [6, 6.07) is 10.6. The smallest absolute Gasteiger partial charge is 0.297 e. The molecule has 0 bridgehead atoms. The standard InChI is InChI=1S/C13H20N3OP/c1-14(2)18(17)15-10-6-9-13(15)11-16(18)12-7-4-3-5-8-12/h3-5,7-8,13H,6,9-11H2,1-2H3/t13-,18-/m0/s1. The highest BCUT2D eigenvalue weighted by Crippen LogP contribution is 2.63. The first-order chi connectivity index (χ1) is 8.64. The lowest BCUT2D eigenvalue weighted by Gasteiger charge is -2.35. The number of fused-ring (bicyclic) bond motifs is 1. The number of hydrogen-bond acceptors (Lipinski definition) is 1. The van der Waals surface area contributed by atoms with E-state index in [1.807, 2.05) is 37.0 Å². The molecule has 2 aliphatic heterocycles. The first-order valence-corrected chi connectivity index (χ1v) is 8.08. The van der Waals surface area contributed by atoms with Crippen LogP contribution in [0.2, 0.25) is 0 Å². The molecule has 18 heavy (non-hydrogen) atoms. The van der Waals surface area contributed by atoms with E-state index in [4.69, 9.17) is 0 Å². The number of hydrogen-bond donors (Lipinski definition) is 0. The normalized spacial score (nSPS) is 32.2.